The fourth-order valence-corrected chi connectivity index (χ4v) is 4.88. The van der Waals surface area contributed by atoms with E-state index in [4.69, 9.17) is 23.7 Å². The molecule has 0 bridgehead atoms. The van der Waals surface area contributed by atoms with Gasteiger partial charge in [0.2, 0.25) is 6.29 Å². The van der Waals surface area contributed by atoms with E-state index in [1.807, 2.05) is 48.5 Å². The molecule has 5 rings (SSSR count). The largest absolute Gasteiger partial charge is 0.493 e. The van der Waals surface area contributed by atoms with Crippen LogP contribution in [0.2, 0.25) is 0 Å². The lowest BCUT2D eigenvalue weighted by atomic mass is 9.99. The second-order valence-electron chi connectivity index (χ2n) is 10.0. The second kappa shape index (κ2) is 13.5. The van der Waals surface area contributed by atoms with Crippen LogP contribution in [0.25, 0.3) is 21.8 Å². The minimum atomic E-state index is -1.84. The molecular formula is C30H34N2O11. The quantitative estimate of drug-likeness (QED) is 0.108. The zero-order valence-corrected chi connectivity index (χ0v) is 23.3. The van der Waals surface area contributed by atoms with Gasteiger partial charge in [0, 0.05) is 24.0 Å². The Labute approximate surface area is 246 Å². The average molecular weight is 599 g/mol. The van der Waals surface area contributed by atoms with Gasteiger partial charge in [-0.25, -0.2) is 4.79 Å². The van der Waals surface area contributed by atoms with Crippen LogP contribution in [0, 0.1) is 0 Å². The van der Waals surface area contributed by atoms with E-state index in [0.29, 0.717) is 41.3 Å². The molecule has 0 amide bonds. The van der Waals surface area contributed by atoms with E-state index >= 15 is 0 Å². The van der Waals surface area contributed by atoms with Crippen LogP contribution in [0.3, 0.4) is 0 Å². The summed E-state index contributed by atoms with van der Waals surface area (Å²) in [6.45, 7) is 1.08. The van der Waals surface area contributed by atoms with Gasteiger partial charge in [-0.1, -0.05) is 30.3 Å². The van der Waals surface area contributed by atoms with Gasteiger partial charge in [-0.05, 0) is 30.3 Å². The number of aromatic amines is 1. The van der Waals surface area contributed by atoms with Crippen LogP contribution in [0.4, 0.5) is 0 Å². The molecule has 0 radical (unpaired) electrons. The predicted octanol–water partition coefficient (Wildman–Crippen LogP) is 1.01. The normalized spacial score (nSPS) is 22.8. The molecule has 0 unspecified atom stereocenters. The van der Waals surface area contributed by atoms with Crippen LogP contribution in [-0.2, 0) is 9.53 Å². The van der Waals surface area contributed by atoms with Crippen LogP contribution >= 0.6 is 0 Å². The summed E-state index contributed by atoms with van der Waals surface area (Å²) in [5.41, 5.74) is 1.21. The van der Waals surface area contributed by atoms with E-state index in [-0.39, 0.29) is 18.9 Å². The third-order valence-electron chi connectivity index (χ3n) is 7.06. The third-order valence-corrected chi connectivity index (χ3v) is 7.06. The third kappa shape index (κ3) is 6.62. The number of rotatable bonds is 13. The van der Waals surface area contributed by atoms with Gasteiger partial charge in [0.05, 0.1) is 18.0 Å². The lowest BCUT2D eigenvalue weighted by molar-refractivity contribution is -0.270. The van der Waals surface area contributed by atoms with Crippen molar-refractivity contribution in [3.05, 3.63) is 60.7 Å². The number of aliphatic carboxylic acids is 1. The molecule has 3 aromatic carbocycles. The maximum absolute atomic E-state index is 11.5. The molecule has 0 saturated carbocycles. The maximum atomic E-state index is 11.5. The van der Waals surface area contributed by atoms with Gasteiger partial charge in [0.1, 0.15) is 49.1 Å². The van der Waals surface area contributed by atoms with Crippen LogP contribution in [0.15, 0.2) is 60.7 Å². The number of H-pyrrole nitrogens is 1. The van der Waals surface area contributed by atoms with Crippen LogP contribution in [0.1, 0.15) is 0 Å². The summed E-state index contributed by atoms with van der Waals surface area (Å²) in [5.74, 6) is 0.392. The highest BCUT2D eigenvalue weighted by Gasteiger charge is 2.48. The second-order valence-corrected chi connectivity index (χ2v) is 10.0. The van der Waals surface area contributed by atoms with Crippen LogP contribution in [0.5, 0.6) is 23.0 Å². The Kier molecular flexibility index (Phi) is 9.50. The van der Waals surface area contributed by atoms with E-state index in [0.717, 1.165) is 10.9 Å². The zero-order valence-electron chi connectivity index (χ0n) is 23.3. The van der Waals surface area contributed by atoms with Gasteiger partial charge in [-0.2, -0.15) is 0 Å². The predicted molar refractivity (Wildman–Crippen MR) is 154 cm³/mol. The average Bonchev–Trinajstić information content (AvgIpc) is 3.41. The number of nitrogens with one attached hydrogen (secondary N) is 2. The van der Waals surface area contributed by atoms with Crippen molar-refractivity contribution in [2.45, 2.75) is 36.8 Å². The van der Waals surface area contributed by atoms with Crippen molar-refractivity contribution in [1.82, 2.24) is 10.3 Å². The molecule has 4 aromatic rings. The van der Waals surface area contributed by atoms with Crippen molar-refractivity contribution in [1.29, 1.82) is 0 Å². The Morgan fingerprint density at radius 2 is 1.65 bits per heavy atom. The van der Waals surface area contributed by atoms with Crippen molar-refractivity contribution in [2.24, 2.45) is 0 Å². The lowest BCUT2D eigenvalue weighted by Crippen LogP contribution is -2.61. The number of para-hydroxylation sites is 3. The van der Waals surface area contributed by atoms with Crippen molar-refractivity contribution in [3.8, 4) is 23.0 Å². The first-order valence-electron chi connectivity index (χ1n) is 13.7. The Balaban J connectivity index is 1.25. The minimum Gasteiger partial charge on any atom is -0.493 e. The molecule has 7 N–H and O–H groups in total. The first-order valence-corrected chi connectivity index (χ1v) is 13.7. The highest BCUT2D eigenvalue weighted by Crippen LogP contribution is 2.39. The number of ether oxygens (including phenoxy) is 5. The molecule has 13 nitrogen and oxygen atoms in total. The number of aromatic nitrogens is 1. The highest BCUT2D eigenvalue weighted by atomic mass is 16.7. The molecule has 1 aliphatic heterocycles. The Morgan fingerprint density at radius 3 is 2.42 bits per heavy atom. The summed E-state index contributed by atoms with van der Waals surface area (Å²) in [5, 5.41) is 55.0. The molecule has 2 heterocycles. The number of aliphatic hydroxyl groups excluding tert-OH is 4. The number of hydrogen-bond acceptors (Lipinski definition) is 11. The number of aliphatic hydroxyl groups is 4. The topological polar surface area (TPSA) is 192 Å². The standard InChI is InChI=1S/C30H34N2O11/c1-39-19-8-4-5-9-20(19)40-13-12-31-14-16(33)15-41-21-10-11-22(24-23(21)17-6-2-3-7-18(17)32-24)42-30-27(36)25(34)26(35)28(43-30)29(37)38/h2-11,16,25-28,30-36H,12-15H2,1H3,(H,37,38)/t16-,25+,26+,27-,28+,30-/m1/s1. The van der Waals surface area contributed by atoms with Gasteiger partial charge in [0.15, 0.2) is 17.6 Å². The molecule has 0 spiro atoms. The van der Waals surface area contributed by atoms with Gasteiger partial charge >= 0.3 is 5.97 Å². The van der Waals surface area contributed by atoms with E-state index < -0.39 is 42.8 Å². The fourth-order valence-electron chi connectivity index (χ4n) is 4.88. The molecule has 1 aromatic heterocycles. The van der Waals surface area contributed by atoms with Crippen LogP contribution < -0.4 is 24.3 Å². The number of carboxylic acid groups (broad SMARTS) is 1. The van der Waals surface area contributed by atoms with Gasteiger partial charge in [-0.3, -0.25) is 0 Å². The molecule has 230 valence electrons. The van der Waals surface area contributed by atoms with E-state index in [1.54, 1.807) is 13.2 Å². The highest BCUT2D eigenvalue weighted by molar-refractivity contribution is 6.12. The van der Waals surface area contributed by atoms with Gasteiger partial charge < -0.3 is 59.5 Å². The molecule has 13 heteroatoms. The molecule has 1 aliphatic rings. The molecule has 0 aliphatic carbocycles. The van der Waals surface area contributed by atoms with E-state index in [2.05, 4.69) is 10.3 Å². The van der Waals surface area contributed by atoms with E-state index in [9.17, 15) is 30.3 Å². The van der Waals surface area contributed by atoms with Crippen molar-refractivity contribution in [2.75, 3.05) is 33.4 Å². The smallest absolute Gasteiger partial charge is 0.335 e. The minimum absolute atomic E-state index is 0.0238. The summed E-state index contributed by atoms with van der Waals surface area (Å²) in [4.78, 5) is 14.7. The Hall–Kier alpha value is -4.11. The number of carboxylic acids is 1. The van der Waals surface area contributed by atoms with E-state index in [1.165, 1.54) is 6.07 Å². The van der Waals surface area contributed by atoms with Crippen molar-refractivity contribution in [3.63, 3.8) is 0 Å². The molecule has 43 heavy (non-hydrogen) atoms. The van der Waals surface area contributed by atoms with Gasteiger partial charge in [-0.15, -0.1) is 0 Å². The maximum Gasteiger partial charge on any atom is 0.335 e. The Bertz CT molecular complexity index is 1540. The lowest BCUT2D eigenvalue weighted by Gasteiger charge is -2.38. The molecule has 6 atom stereocenters. The Morgan fingerprint density at radius 1 is 0.930 bits per heavy atom. The van der Waals surface area contributed by atoms with Crippen molar-refractivity contribution < 1.29 is 54.0 Å². The van der Waals surface area contributed by atoms with Crippen molar-refractivity contribution >= 4 is 27.8 Å². The SMILES string of the molecule is COc1ccccc1OCCNC[C@@H](O)COc1ccc(O[C@@H]2O[C@H](C(=O)O)[C@@H](O)[C@H](O)[C@H]2O)c2[nH]c3ccccc3c12. The first kappa shape index (κ1) is 30.4. The number of methoxy groups -OCH3 is 1. The number of fused-ring (bicyclic) bond motifs is 3. The number of hydrogen-bond donors (Lipinski definition) is 7. The summed E-state index contributed by atoms with van der Waals surface area (Å²) in [6, 6.07) is 17.9. The summed E-state index contributed by atoms with van der Waals surface area (Å²) >= 11 is 0. The monoisotopic (exact) mass is 598 g/mol. The molecule has 1 fully saturated rings. The molecule has 1 saturated heterocycles. The fraction of sp³-hybridized carbons (Fsp3) is 0.367. The van der Waals surface area contributed by atoms with Gasteiger partial charge in [0.25, 0.3) is 0 Å². The first-order chi connectivity index (χ1) is 20.8. The summed E-state index contributed by atoms with van der Waals surface area (Å²) < 4.78 is 28.1. The number of benzene rings is 3. The van der Waals surface area contributed by atoms with Crippen LogP contribution in [-0.4, -0.2) is 107 Å². The molecular weight excluding hydrogens is 564 g/mol. The zero-order chi connectivity index (χ0) is 30.5. The summed E-state index contributed by atoms with van der Waals surface area (Å²) in [6.07, 6.45) is -9.58. The summed E-state index contributed by atoms with van der Waals surface area (Å²) in [7, 11) is 1.57. The number of carbonyl (C=O) groups is 1.